The van der Waals surface area contributed by atoms with Crippen LogP contribution in [0.15, 0.2) is 23.1 Å². The van der Waals surface area contributed by atoms with Crippen LogP contribution < -0.4 is 5.32 Å². The molecule has 0 radical (unpaired) electrons. The van der Waals surface area contributed by atoms with Crippen LogP contribution in [0.2, 0.25) is 0 Å². The average molecular weight is 372 g/mol. The predicted octanol–water partition coefficient (Wildman–Crippen LogP) is 2.16. The summed E-state index contributed by atoms with van der Waals surface area (Å²) in [6.07, 6.45) is 4.10. The lowest BCUT2D eigenvalue weighted by atomic mass is 10.2. The molecule has 1 saturated heterocycles. The van der Waals surface area contributed by atoms with E-state index in [2.05, 4.69) is 12.2 Å². The molecule has 0 bridgehead atoms. The van der Waals surface area contributed by atoms with E-state index >= 15 is 0 Å². The van der Waals surface area contributed by atoms with E-state index in [9.17, 15) is 17.6 Å². The van der Waals surface area contributed by atoms with Gasteiger partial charge in [0.15, 0.2) is 0 Å². The topological polar surface area (TPSA) is 75.7 Å². The third kappa shape index (κ3) is 5.23. The second-order valence-electron chi connectivity index (χ2n) is 5.98. The molecule has 1 fully saturated rings. The lowest BCUT2D eigenvalue weighted by molar-refractivity contribution is 0.0729. The van der Waals surface area contributed by atoms with E-state index in [1.807, 2.05) is 0 Å². The zero-order chi connectivity index (χ0) is 18.3. The molecule has 1 aliphatic rings. The number of halogens is 1. The Morgan fingerprint density at radius 1 is 1.24 bits per heavy atom. The van der Waals surface area contributed by atoms with Crippen molar-refractivity contribution < 1.29 is 22.3 Å². The average Bonchev–Trinajstić information content (AvgIpc) is 2.62. The van der Waals surface area contributed by atoms with Crippen molar-refractivity contribution in [3.05, 3.63) is 29.6 Å². The fraction of sp³-hybridized carbons (Fsp3) is 0.588. The van der Waals surface area contributed by atoms with Crippen LogP contribution in [0.4, 0.5) is 4.39 Å². The van der Waals surface area contributed by atoms with Gasteiger partial charge in [-0.3, -0.25) is 4.79 Å². The lowest BCUT2D eigenvalue weighted by Gasteiger charge is -2.26. The summed E-state index contributed by atoms with van der Waals surface area (Å²) in [6.45, 7) is 3.53. The van der Waals surface area contributed by atoms with Crippen molar-refractivity contribution in [3.63, 3.8) is 0 Å². The van der Waals surface area contributed by atoms with E-state index in [-0.39, 0.29) is 31.9 Å². The van der Waals surface area contributed by atoms with Gasteiger partial charge in [-0.1, -0.05) is 26.2 Å². The summed E-state index contributed by atoms with van der Waals surface area (Å²) < 4.78 is 45.6. The van der Waals surface area contributed by atoms with E-state index in [1.165, 1.54) is 10.4 Å². The maximum Gasteiger partial charge on any atom is 0.251 e. The monoisotopic (exact) mass is 372 g/mol. The van der Waals surface area contributed by atoms with Gasteiger partial charge in [-0.05, 0) is 24.6 Å². The van der Waals surface area contributed by atoms with Crippen molar-refractivity contribution >= 4 is 15.9 Å². The number of nitrogens with one attached hydrogen (secondary N) is 1. The SMILES string of the molecule is CCCCCCNC(=O)c1ccc(F)c(S(=O)(=O)N2CCOCC2)c1. The molecule has 1 N–H and O–H groups in total. The summed E-state index contributed by atoms with van der Waals surface area (Å²) in [7, 11) is -3.98. The third-order valence-electron chi connectivity index (χ3n) is 4.10. The van der Waals surface area contributed by atoms with Gasteiger partial charge in [0.2, 0.25) is 10.0 Å². The molecule has 2 rings (SSSR count). The molecule has 1 aromatic rings. The van der Waals surface area contributed by atoms with Gasteiger partial charge in [-0.25, -0.2) is 12.8 Å². The van der Waals surface area contributed by atoms with Crippen molar-refractivity contribution in [2.75, 3.05) is 32.8 Å². The van der Waals surface area contributed by atoms with Crippen LogP contribution in [0.5, 0.6) is 0 Å². The number of amides is 1. The van der Waals surface area contributed by atoms with E-state index in [0.717, 1.165) is 37.8 Å². The Labute approximate surface area is 148 Å². The highest BCUT2D eigenvalue weighted by atomic mass is 32.2. The van der Waals surface area contributed by atoms with Crippen molar-refractivity contribution in [2.24, 2.45) is 0 Å². The van der Waals surface area contributed by atoms with Crippen LogP contribution in [0.3, 0.4) is 0 Å². The van der Waals surface area contributed by atoms with E-state index in [4.69, 9.17) is 4.74 Å². The molecule has 0 saturated carbocycles. The zero-order valence-electron chi connectivity index (χ0n) is 14.5. The molecule has 1 heterocycles. The second-order valence-corrected chi connectivity index (χ2v) is 7.88. The molecule has 1 aromatic carbocycles. The molecule has 0 aliphatic carbocycles. The number of rotatable bonds is 8. The highest BCUT2D eigenvalue weighted by Gasteiger charge is 2.29. The zero-order valence-corrected chi connectivity index (χ0v) is 15.3. The number of carbonyl (C=O) groups excluding carboxylic acids is 1. The Hall–Kier alpha value is -1.51. The largest absolute Gasteiger partial charge is 0.379 e. The van der Waals surface area contributed by atoms with E-state index < -0.39 is 26.6 Å². The fourth-order valence-electron chi connectivity index (χ4n) is 2.62. The minimum absolute atomic E-state index is 0.142. The Morgan fingerprint density at radius 2 is 1.96 bits per heavy atom. The standard InChI is InChI=1S/C17H25FN2O4S/c1-2-3-4-5-8-19-17(21)14-6-7-15(18)16(13-14)25(22,23)20-9-11-24-12-10-20/h6-7,13H,2-5,8-12H2,1H3,(H,19,21). The first-order chi connectivity index (χ1) is 12.0. The smallest absolute Gasteiger partial charge is 0.251 e. The van der Waals surface area contributed by atoms with Gasteiger partial charge in [0.05, 0.1) is 13.2 Å². The van der Waals surface area contributed by atoms with Gasteiger partial charge >= 0.3 is 0 Å². The Kier molecular flexibility index (Phi) is 7.34. The molecular weight excluding hydrogens is 347 g/mol. The number of benzene rings is 1. The minimum atomic E-state index is -3.98. The summed E-state index contributed by atoms with van der Waals surface area (Å²) in [5.41, 5.74) is 0.142. The van der Waals surface area contributed by atoms with Gasteiger partial charge < -0.3 is 10.1 Å². The van der Waals surface area contributed by atoms with Crippen LogP contribution in [0, 0.1) is 5.82 Å². The molecular formula is C17H25FN2O4S. The Balaban J connectivity index is 2.10. The van der Waals surface area contributed by atoms with Crippen LogP contribution >= 0.6 is 0 Å². The molecule has 25 heavy (non-hydrogen) atoms. The van der Waals surface area contributed by atoms with Crippen molar-refractivity contribution in [3.8, 4) is 0 Å². The predicted molar refractivity (Wildman–Crippen MR) is 92.5 cm³/mol. The number of carbonyl (C=O) groups is 1. The maximum absolute atomic E-state index is 14.1. The minimum Gasteiger partial charge on any atom is -0.379 e. The Morgan fingerprint density at radius 3 is 2.64 bits per heavy atom. The van der Waals surface area contributed by atoms with Gasteiger partial charge in [0, 0.05) is 25.2 Å². The molecule has 1 aliphatic heterocycles. The highest BCUT2D eigenvalue weighted by Crippen LogP contribution is 2.21. The molecule has 0 atom stereocenters. The van der Waals surface area contributed by atoms with Crippen molar-refractivity contribution in [2.45, 2.75) is 37.5 Å². The first kappa shape index (κ1) is 19.8. The molecule has 0 spiro atoms. The first-order valence-corrected chi connectivity index (χ1v) is 10.1. The number of hydrogen-bond donors (Lipinski definition) is 1. The maximum atomic E-state index is 14.1. The normalized spacial score (nSPS) is 15.9. The van der Waals surface area contributed by atoms with Crippen molar-refractivity contribution in [1.29, 1.82) is 0 Å². The molecule has 8 heteroatoms. The van der Waals surface area contributed by atoms with Gasteiger partial charge in [-0.2, -0.15) is 4.31 Å². The third-order valence-corrected chi connectivity index (χ3v) is 6.01. The molecule has 1 amide bonds. The number of unbranched alkanes of at least 4 members (excludes halogenated alkanes) is 3. The van der Waals surface area contributed by atoms with Crippen LogP contribution in [0.25, 0.3) is 0 Å². The van der Waals surface area contributed by atoms with Gasteiger partial charge in [-0.15, -0.1) is 0 Å². The summed E-state index contributed by atoms with van der Waals surface area (Å²) in [6, 6.07) is 3.44. The van der Waals surface area contributed by atoms with Crippen LogP contribution in [-0.4, -0.2) is 51.5 Å². The number of morpholine rings is 1. The number of sulfonamides is 1. The molecule has 0 aromatic heterocycles. The number of ether oxygens (including phenoxy) is 1. The fourth-order valence-corrected chi connectivity index (χ4v) is 4.12. The summed E-state index contributed by atoms with van der Waals surface area (Å²) in [5.74, 6) is -1.25. The van der Waals surface area contributed by atoms with Crippen LogP contribution in [0.1, 0.15) is 43.0 Å². The molecule has 140 valence electrons. The summed E-state index contributed by atoms with van der Waals surface area (Å²) in [4.78, 5) is 11.7. The van der Waals surface area contributed by atoms with E-state index in [0.29, 0.717) is 6.54 Å². The lowest BCUT2D eigenvalue weighted by Crippen LogP contribution is -2.41. The second kappa shape index (κ2) is 9.26. The molecule has 0 unspecified atom stereocenters. The summed E-state index contributed by atoms with van der Waals surface area (Å²) in [5, 5.41) is 2.75. The number of hydrogen-bond acceptors (Lipinski definition) is 4. The number of nitrogens with zero attached hydrogens (tertiary/aromatic N) is 1. The highest BCUT2D eigenvalue weighted by molar-refractivity contribution is 7.89. The quantitative estimate of drug-likeness (QED) is 0.710. The van der Waals surface area contributed by atoms with Crippen LogP contribution in [-0.2, 0) is 14.8 Å². The summed E-state index contributed by atoms with van der Waals surface area (Å²) >= 11 is 0. The van der Waals surface area contributed by atoms with Gasteiger partial charge in [0.1, 0.15) is 10.7 Å². The van der Waals surface area contributed by atoms with E-state index in [1.54, 1.807) is 0 Å². The first-order valence-electron chi connectivity index (χ1n) is 8.62. The van der Waals surface area contributed by atoms with Crippen molar-refractivity contribution in [1.82, 2.24) is 9.62 Å². The Bertz CT molecular complexity index is 688. The molecule has 6 nitrogen and oxygen atoms in total. The van der Waals surface area contributed by atoms with Gasteiger partial charge in [0.25, 0.3) is 5.91 Å².